The van der Waals surface area contributed by atoms with Crippen LogP contribution in [0.25, 0.3) is 21.9 Å². The molecule has 4 aromatic rings. The highest BCUT2D eigenvalue weighted by Crippen LogP contribution is 2.55. The number of benzene rings is 1. The predicted molar refractivity (Wildman–Crippen MR) is 140 cm³/mol. The molecule has 10 heteroatoms. The molecule has 4 heterocycles. The molecule has 36 heavy (non-hydrogen) atoms. The number of hydrogen-bond acceptors (Lipinski definition) is 7. The van der Waals surface area contributed by atoms with Gasteiger partial charge in [0.1, 0.15) is 35.5 Å². The quantitative estimate of drug-likeness (QED) is 0.358. The van der Waals surface area contributed by atoms with Crippen molar-refractivity contribution >= 4 is 49.5 Å². The van der Waals surface area contributed by atoms with Crippen molar-refractivity contribution in [1.82, 2.24) is 19.5 Å². The summed E-state index contributed by atoms with van der Waals surface area (Å²) >= 11 is 3.37. The molecule has 3 aromatic heterocycles. The zero-order valence-electron chi connectivity index (χ0n) is 20.3. The molecule has 1 saturated heterocycles. The van der Waals surface area contributed by atoms with Gasteiger partial charge in [0, 0.05) is 11.6 Å². The third kappa shape index (κ3) is 3.74. The standard InChI is InChI=1S/C26H28BrFN6O2/c1-25(2)35-20-19(34-7-5-15-22(29)31-12-32-24(15)34)11-26(3,21(20)36-25)6-4-13-10-18-14(9-17(13)28)8-16(27)23(30)33-18/h5,7-10,12,19-21H,4,6,11H2,1-3H3,(H2,30,33)(H2,29,31,32)/t19-,20+,21+,26+/m1/s1. The van der Waals surface area contributed by atoms with Crippen LogP contribution in [0.3, 0.4) is 0 Å². The maximum atomic E-state index is 15.1. The Kier molecular flexibility index (Phi) is 5.30. The van der Waals surface area contributed by atoms with Gasteiger partial charge in [0.2, 0.25) is 0 Å². The van der Waals surface area contributed by atoms with Crippen LogP contribution in [-0.4, -0.2) is 37.5 Å². The summed E-state index contributed by atoms with van der Waals surface area (Å²) in [4.78, 5) is 13.0. The van der Waals surface area contributed by atoms with Crippen LogP contribution in [0.2, 0.25) is 0 Å². The monoisotopic (exact) mass is 554 g/mol. The number of nitrogens with two attached hydrogens (primary N) is 2. The van der Waals surface area contributed by atoms with E-state index in [9.17, 15) is 0 Å². The van der Waals surface area contributed by atoms with Gasteiger partial charge >= 0.3 is 0 Å². The van der Waals surface area contributed by atoms with Crippen LogP contribution >= 0.6 is 15.9 Å². The maximum absolute atomic E-state index is 15.1. The number of rotatable bonds is 4. The summed E-state index contributed by atoms with van der Waals surface area (Å²) in [6, 6.07) is 7.06. The van der Waals surface area contributed by atoms with Crippen molar-refractivity contribution in [2.75, 3.05) is 11.5 Å². The molecule has 1 aromatic carbocycles. The lowest BCUT2D eigenvalue weighted by Crippen LogP contribution is -2.34. The molecule has 2 aliphatic rings. The van der Waals surface area contributed by atoms with Gasteiger partial charge in [-0.05, 0) is 84.3 Å². The van der Waals surface area contributed by atoms with Crippen LogP contribution < -0.4 is 11.5 Å². The van der Waals surface area contributed by atoms with Gasteiger partial charge < -0.3 is 25.5 Å². The second-order valence-corrected chi connectivity index (χ2v) is 11.5. The van der Waals surface area contributed by atoms with Gasteiger partial charge in [-0.15, -0.1) is 0 Å². The Balaban J connectivity index is 1.33. The summed E-state index contributed by atoms with van der Waals surface area (Å²) in [6.45, 7) is 6.08. The minimum absolute atomic E-state index is 0.00570. The van der Waals surface area contributed by atoms with Crippen LogP contribution in [0, 0.1) is 11.2 Å². The summed E-state index contributed by atoms with van der Waals surface area (Å²) in [5.41, 5.74) is 13.9. The molecule has 188 valence electrons. The first-order valence-electron chi connectivity index (χ1n) is 12.0. The number of hydrogen-bond donors (Lipinski definition) is 2. The Labute approximate surface area is 216 Å². The van der Waals surface area contributed by atoms with Crippen molar-refractivity contribution in [3.05, 3.63) is 52.6 Å². The number of nitrogen functional groups attached to an aromatic ring is 2. The molecule has 1 saturated carbocycles. The van der Waals surface area contributed by atoms with E-state index in [-0.39, 0.29) is 29.5 Å². The third-order valence-corrected chi connectivity index (χ3v) is 8.33. The normalized spacial score (nSPS) is 27.2. The number of ether oxygens (including phenoxy) is 2. The van der Waals surface area contributed by atoms with Crippen molar-refractivity contribution in [2.24, 2.45) is 5.41 Å². The second kappa shape index (κ2) is 8.09. The van der Waals surface area contributed by atoms with Gasteiger partial charge in [-0.2, -0.15) is 0 Å². The average molecular weight is 555 g/mol. The fourth-order valence-corrected chi connectivity index (χ4v) is 6.25. The van der Waals surface area contributed by atoms with Crippen molar-refractivity contribution in [3.8, 4) is 0 Å². The highest BCUT2D eigenvalue weighted by molar-refractivity contribution is 9.10. The van der Waals surface area contributed by atoms with E-state index in [1.807, 2.05) is 26.1 Å². The smallest absolute Gasteiger partial charge is 0.163 e. The SMILES string of the molecule is CC1(C)O[C@H]2[C@H](n3ccc4c(N)ncnc43)C[C@](C)(CCc3cc4nc(N)c(Br)cc4cc3F)[C@H]2O1. The number of halogens is 2. The van der Waals surface area contributed by atoms with Gasteiger partial charge in [0.15, 0.2) is 5.79 Å². The highest BCUT2D eigenvalue weighted by Gasteiger charge is 2.59. The van der Waals surface area contributed by atoms with E-state index >= 15 is 4.39 Å². The topological polar surface area (TPSA) is 114 Å². The maximum Gasteiger partial charge on any atom is 0.163 e. The molecular formula is C26H28BrFN6O2. The zero-order chi connectivity index (χ0) is 25.4. The number of aromatic nitrogens is 4. The van der Waals surface area contributed by atoms with E-state index in [0.29, 0.717) is 39.0 Å². The molecular weight excluding hydrogens is 527 g/mol. The fraction of sp³-hybridized carbons (Fsp3) is 0.423. The number of anilines is 2. The summed E-state index contributed by atoms with van der Waals surface area (Å²) in [7, 11) is 0. The van der Waals surface area contributed by atoms with Gasteiger partial charge in [-0.25, -0.2) is 19.3 Å². The number of fused-ring (bicyclic) bond motifs is 3. The van der Waals surface area contributed by atoms with Crippen LogP contribution in [0.15, 0.2) is 41.3 Å². The number of aryl methyl sites for hydroxylation is 1. The molecule has 0 spiro atoms. The molecule has 2 fully saturated rings. The van der Waals surface area contributed by atoms with Crippen molar-refractivity contribution in [2.45, 2.75) is 64.1 Å². The summed E-state index contributed by atoms with van der Waals surface area (Å²) in [6.07, 6.45) is 5.21. The van der Waals surface area contributed by atoms with E-state index in [1.165, 1.54) is 12.4 Å². The van der Waals surface area contributed by atoms with Gasteiger partial charge in [0.05, 0.1) is 27.5 Å². The lowest BCUT2D eigenvalue weighted by atomic mass is 9.80. The van der Waals surface area contributed by atoms with E-state index in [1.54, 1.807) is 12.1 Å². The van der Waals surface area contributed by atoms with Crippen molar-refractivity contribution in [3.63, 3.8) is 0 Å². The molecule has 0 radical (unpaired) electrons. The molecule has 0 amide bonds. The van der Waals surface area contributed by atoms with Gasteiger partial charge in [-0.3, -0.25) is 0 Å². The molecule has 8 nitrogen and oxygen atoms in total. The molecule has 1 aliphatic heterocycles. The van der Waals surface area contributed by atoms with Gasteiger partial charge in [-0.1, -0.05) is 6.92 Å². The average Bonchev–Trinajstić information content (AvgIpc) is 3.45. The van der Waals surface area contributed by atoms with Crippen molar-refractivity contribution in [1.29, 1.82) is 0 Å². The third-order valence-electron chi connectivity index (χ3n) is 7.70. The van der Waals surface area contributed by atoms with E-state index in [4.69, 9.17) is 20.9 Å². The fourth-order valence-electron chi connectivity index (χ4n) is 5.92. The van der Waals surface area contributed by atoms with Crippen LogP contribution in [0.4, 0.5) is 16.0 Å². The van der Waals surface area contributed by atoms with Crippen LogP contribution in [0.1, 0.15) is 45.2 Å². The Morgan fingerprint density at radius 1 is 1.14 bits per heavy atom. The predicted octanol–water partition coefficient (Wildman–Crippen LogP) is 5.15. The highest BCUT2D eigenvalue weighted by atomic mass is 79.9. The van der Waals surface area contributed by atoms with E-state index < -0.39 is 5.79 Å². The minimum atomic E-state index is -0.713. The van der Waals surface area contributed by atoms with Crippen molar-refractivity contribution < 1.29 is 13.9 Å². The Morgan fingerprint density at radius 2 is 1.94 bits per heavy atom. The zero-order valence-corrected chi connectivity index (χ0v) is 21.9. The van der Waals surface area contributed by atoms with Crippen LogP contribution in [0.5, 0.6) is 0 Å². The number of pyridine rings is 1. The van der Waals surface area contributed by atoms with E-state index in [2.05, 4.69) is 42.4 Å². The first-order chi connectivity index (χ1) is 17.0. The summed E-state index contributed by atoms with van der Waals surface area (Å²) < 4.78 is 30.7. The number of nitrogens with zero attached hydrogens (tertiary/aromatic N) is 4. The Morgan fingerprint density at radius 3 is 2.75 bits per heavy atom. The molecule has 1 aliphatic carbocycles. The lowest BCUT2D eigenvalue weighted by Gasteiger charge is -2.32. The molecule has 4 N–H and O–H groups in total. The largest absolute Gasteiger partial charge is 0.383 e. The molecule has 0 bridgehead atoms. The first kappa shape index (κ1) is 23.6. The second-order valence-electron chi connectivity index (χ2n) is 10.7. The molecule has 4 atom stereocenters. The summed E-state index contributed by atoms with van der Waals surface area (Å²) in [5, 5.41) is 1.53. The molecule has 6 rings (SSSR count). The molecule has 0 unspecified atom stereocenters. The van der Waals surface area contributed by atoms with E-state index in [0.717, 1.165) is 23.9 Å². The summed E-state index contributed by atoms with van der Waals surface area (Å²) in [5.74, 6) is -0.123. The van der Waals surface area contributed by atoms with Gasteiger partial charge in [0.25, 0.3) is 0 Å². The first-order valence-corrected chi connectivity index (χ1v) is 12.8. The Hall–Kier alpha value is -2.82. The minimum Gasteiger partial charge on any atom is -0.383 e. The lowest BCUT2D eigenvalue weighted by molar-refractivity contribution is -0.168. The Bertz CT molecular complexity index is 1510. The van der Waals surface area contributed by atoms with Crippen LogP contribution in [-0.2, 0) is 15.9 Å².